The summed E-state index contributed by atoms with van der Waals surface area (Å²) in [6.07, 6.45) is -9.40. The Bertz CT molecular complexity index is 1310. The van der Waals surface area contributed by atoms with E-state index in [0.29, 0.717) is 37.5 Å². The molecular formula is C27H27F6N5O. The number of carbonyl (C=O) groups excluding carboxylic acids is 1. The Balaban J connectivity index is 1.49. The van der Waals surface area contributed by atoms with Gasteiger partial charge in [-0.15, -0.1) is 0 Å². The Labute approximate surface area is 221 Å². The van der Waals surface area contributed by atoms with Crippen molar-refractivity contribution >= 4 is 17.5 Å². The van der Waals surface area contributed by atoms with Crippen LogP contribution in [0.3, 0.4) is 0 Å². The first-order chi connectivity index (χ1) is 18.2. The summed E-state index contributed by atoms with van der Waals surface area (Å²) in [7, 11) is 0. The molecule has 0 saturated carbocycles. The van der Waals surface area contributed by atoms with E-state index in [1.54, 1.807) is 6.92 Å². The summed E-state index contributed by atoms with van der Waals surface area (Å²) in [4.78, 5) is 25.3. The van der Waals surface area contributed by atoms with Crippen molar-refractivity contribution < 1.29 is 31.1 Å². The van der Waals surface area contributed by atoms with E-state index in [1.165, 1.54) is 4.90 Å². The number of aromatic nitrogens is 2. The van der Waals surface area contributed by atoms with Gasteiger partial charge in [0.1, 0.15) is 11.6 Å². The molecule has 0 radical (unpaired) electrons. The first-order valence-corrected chi connectivity index (χ1v) is 12.2. The minimum Gasteiger partial charge on any atom is -0.353 e. The molecule has 1 saturated heterocycles. The lowest BCUT2D eigenvalue weighted by Crippen LogP contribution is -2.50. The highest BCUT2D eigenvalue weighted by atomic mass is 19.4. The number of hydrogen-bond donors (Lipinski definition) is 1. The van der Waals surface area contributed by atoms with Gasteiger partial charge in [0.2, 0.25) is 0 Å². The van der Waals surface area contributed by atoms with Crippen molar-refractivity contribution in [1.82, 2.24) is 14.9 Å². The van der Waals surface area contributed by atoms with Crippen LogP contribution in [0.2, 0.25) is 0 Å². The van der Waals surface area contributed by atoms with Crippen LogP contribution in [0.1, 0.15) is 39.3 Å². The van der Waals surface area contributed by atoms with Crippen LogP contribution in [0, 0.1) is 20.8 Å². The maximum absolute atomic E-state index is 13.2. The number of rotatable bonds is 4. The van der Waals surface area contributed by atoms with Crippen LogP contribution >= 0.6 is 0 Å². The van der Waals surface area contributed by atoms with E-state index >= 15 is 0 Å². The molecule has 0 spiro atoms. The average molecular weight is 552 g/mol. The number of halogens is 6. The van der Waals surface area contributed by atoms with Crippen LogP contribution in [0.15, 0.2) is 42.5 Å². The van der Waals surface area contributed by atoms with Crippen molar-refractivity contribution in [2.45, 2.75) is 39.5 Å². The molecule has 1 fully saturated rings. The van der Waals surface area contributed by atoms with E-state index < -0.39 is 35.2 Å². The third-order valence-corrected chi connectivity index (χ3v) is 6.51. The second-order valence-corrected chi connectivity index (χ2v) is 9.52. The average Bonchev–Trinajstić information content (AvgIpc) is 2.85. The number of alkyl halides is 6. The summed E-state index contributed by atoms with van der Waals surface area (Å²) < 4.78 is 79.0. The molecule has 2 heterocycles. The summed E-state index contributed by atoms with van der Waals surface area (Å²) >= 11 is 0. The van der Waals surface area contributed by atoms with Gasteiger partial charge in [0.15, 0.2) is 0 Å². The molecule has 12 heteroatoms. The SMILES string of the molecule is Cc1ccc(Cc2c(C)nc(C)nc2N2CCN(C(=O)Nc3cc(C(F)(F)F)cc(C(F)(F)F)c3)CC2)cc1. The molecule has 1 aromatic heterocycles. The van der Waals surface area contributed by atoms with Crippen molar-refractivity contribution in [3.8, 4) is 0 Å². The molecule has 2 amide bonds. The zero-order valence-electron chi connectivity index (χ0n) is 21.5. The number of aryl methyl sites for hydroxylation is 3. The summed E-state index contributed by atoms with van der Waals surface area (Å²) in [5, 5.41) is 2.20. The number of amides is 2. The monoisotopic (exact) mass is 551 g/mol. The maximum atomic E-state index is 13.2. The Morgan fingerprint density at radius 2 is 1.41 bits per heavy atom. The first-order valence-electron chi connectivity index (χ1n) is 12.2. The fraction of sp³-hybridized carbons (Fsp3) is 0.370. The molecule has 0 bridgehead atoms. The normalized spacial score (nSPS) is 14.5. The van der Waals surface area contributed by atoms with E-state index in [4.69, 9.17) is 0 Å². The number of anilines is 2. The molecule has 1 N–H and O–H groups in total. The molecular weight excluding hydrogens is 524 g/mol. The number of nitrogens with zero attached hydrogens (tertiary/aromatic N) is 4. The number of carbonyl (C=O) groups is 1. The quantitative estimate of drug-likeness (QED) is 0.382. The van der Waals surface area contributed by atoms with E-state index in [-0.39, 0.29) is 19.2 Å². The molecule has 208 valence electrons. The fourth-order valence-electron chi connectivity index (χ4n) is 4.45. The molecule has 2 aromatic carbocycles. The molecule has 1 aliphatic heterocycles. The van der Waals surface area contributed by atoms with Crippen LogP contribution in [-0.4, -0.2) is 47.1 Å². The smallest absolute Gasteiger partial charge is 0.353 e. The van der Waals surface area contributed by atoms with Gasteiger partial charge in [0, 0.05) is 49.5 Å². The van der Waals surface area contributed by atoms with Gasteiger partial charge in [0.05, 0.1) is 11.1 Å². The predicted octanol–water partition coefficient (Wildman–Crippen LogP) is 6.38. The van der Waals surface area contributed by atoms with Crippen LogP contribution in [0.25, 0.3) is 0 Å². The number of piperazine rings is 1. The van der Waals surface area contributed by atoms with Crippen LogP contribution in [0.4, 0.5) is 42.6 Å². The molecule has 4 rings (SSSR count). The summed E-state index contributed by atoms with van der Waals surface area (Å²) in [5.41, 5.74) is 0.460. The third-order valence-electron chi connectivity index (χ3n) is 6.51. The van der Waals surface area contributed by atoms with Gasteiger partial charge >= 0.3 is 18.4 Å². The fourth-order valence-corrected chi connectivity index (χ4v) is 4.45. The Morgan fingerprint density at radius 3 is 1.95 bits per heavy atom. The molecule has 3 aromatic rings. The molecule has 0 unspecified atom stereocenters. The molecule has 39 heavy (non-hydrogen) atoms. The Kier molecular flexibility index (Phi) is 7.76. The zero-order valence-corrected chi connectivity index (χ0v) is 21.5. The van der Waals surface area contributed by atoms with Crippen molar-refractivity contribution in [2.24, 2.45) is 0 Å². The van der Waals surface area contributed by atoms with E-state index in [0.717, 1.165) is 28.2 Å². The van der Waals surface area contributed by atoms with Gasteiger partial charge in [-0.1, -0.05) is 29.8 Å². The molecule has 0 atom stereocenters. The van der Waals surface area contributed by atoms with Gasteiger partial charge in [-0.3, -0.25) is 0 Å². The minimum absolute atomic E-state index is 0.0221. The standard InChI is InChI=1S/C27H27F6N5O/c1-16-4-6-19(7-5-16)12-23-17(2)34-18(3)35-24(23)37-8-10-38(11-9-37)25(39)36-22-14-20(26(28,29)30)13-21(15-22)27(31,32)33/h4-7,13-15H,8-12H2,1-3H3,(H,36,39). The summed E-state index contributed by atoms with van der Waals surface area (Å²) in [5.74, 6) is 1.34. The Morgan fingerprint density at radius 1 is 0.846 bits per heavy atom. The van der Waals surface area contributed by atoms with Crippen molar-refractivity contribution in [2.75, 3.05) is 36.4 Å². The largest absolute Gasteiger partial charge is 0.416 e. The summed E-state index contributed by atoms with van der Waals surface area (Å²) in [6, 6.07) is 8.36. The van der Waals surface area contributed by atoms with Gasteiger partial charge in [-0.2, -0.15) is 26.3 Å². The summed E-state index contributed by atoms with van der Waals surface area (Å²) in [6.45, 7) is 6.86. The van der Waals surface area contributed by atoms with Crippen LogP contribution in [-0.2, 0) is 18.8 Å². The second kappa shape index (κ2) is 10.7. The van der Waals surface area contributed by atoms with E-state index in [9.17, 15) is 31.1 Å². The van der Waals surface area contributed by atoms with Gasteiger partial charge in [-0.25, -0.2) is 14.8 Å². The minimum atomic E-state index is -5.00. The molecule has 0 aliphatic carbocycles. The van der Waals surface area contributed by atoms with Gasteiger partial charge in [-0.05, 0) is 44.5 Å². The topological polar surface area (TPSA) is 61.4 Å². The molecule has 6 nitrogen and oxygen atoms in total. The highest BCUT2D eigenvalue weighted by molar-refractivity contribution is 5.89. The van der Waals surface area contributed by atoms with E-state index in [1.807, 2.05) is 43.0 Å². The highest BCUT2D eigenvalue weighted by Crippen LogP contribution is 2.37. The lowest BCUT2D eigenvalue weighted by atomic mass is 10.0. The zero-order chi connectivity index (χ0) is 28.5. The van der Waals surface area contributed by atoms with Gasteiger partial charge in [0.25, 0.3) is 0 Å². The first kappa shape index (κ1) is 28.2. The van der Waals surface area contributed by atoms with Crippen LogP contribution in [0.5, 0.6) is 0 Å². The predicted molar refractivity (Wildman–Crippen MR) is 135 cm³/mol. The number of nitrogens with one attached hydrogen (secondary N) is 1. The third kappa shape index (κ3) is 6.79. The van der Waals surface area contributed by atoms with Crippen molar-refractivity contribution in [3.05, 3.63) is 81.8 Å². The second-order valence-electron chi connectivity index (χ2n) is 9.52. The number of urea groups is 1. The van der Waals surface area contributed by atoms with Gasteiger partial charge < -0.3 is 15.1 Å². The highest BCUT2D eigenvalue weighted by Gasteiger charge is 2.37. The number of benzene rings is 2. The lowest BCUT2D eigenvalue weighted by molar-refractivity contribution is -0.143. The van der Waals surface area contributed by atoms with E-state index in [2.05, 4.69) is 15.3 Å². The number of hydrogen-bond acceptors (Lipinski definition) is 4. The lowest BCUT2D eigenvalue weighted by Gasteiger charge is -2.36. The van der Waals surface area contributed by atoms with Crippen LogP contribution < -0.4 is 10.2 Å². The maximum Gasteiger partial charge on any atom is 0.416 e. The van der Waals surface area contributed by atoms with Crippen molar-refractivity contribution in [1.29, 1.82) is 0 Å². The Hall–Kier alpha value is -3.83. The van der Waals surface area contributed by atoms with Crippen molar-refractivity contribution in [3.63, 3.8) is 0 Å². The molecule has 1 aliphatic rings.